The number of rotatable bonds is 2. The summed E-state index contributed by atoms with van der Waals surface area (Å²) in [5.74, 6) is 1.71. The highest BCUT2D eigenvalue weighted by Crippen LogP contribution is 2.35. The molecule has 0 radical (unpaired) electrons. The molecule has 1 atom stereocenters. The Morgan fingerprint density at radius 3 is 2.95 bits per heavy atom. The molecule has 94 valence electrons. The molecule has 19 heavy (non-hydrogen) atoms. The van der Waals surface area contributed by atoms with Crippen LogP contribution in [0.15, 0.2) is 48.2 Å². The summed E-state index contributed by atoms with van der Waals surface area (Å²) in [6.07, 6.45) is 6.85. The van der Waals surface area contributed by atoms with Crippen LogP contribution >= 0.6 is 11.3 Å². The van der Waals surface area contributed by atoms with Gasteiger partial charge in [0.2, 0.25) is 0 Å². The highest BCUT2D eigenvalue weighted by Gasteiger charge is 2.25. The first-order chi connectivity index (χ1) is 9.42. The first-order valence-corrected chi connectivity index (χ1v) is 7.28. The second-order valence-electron chi connectivity index (χ2n) is 4.82. The van der Waals surface area contributed by atoms with E-state index in [1.54, 1.807) is 11.3 Å². The Labute approximate surface area is 115 Å². The molecule has 0 fully saturated rings. The van der Waals surface area contributed by atoms with Gasteiger partial charge in [-0.2, -0.15) is 0 Å². The van der Waals surface area contributed by atoms with Crippen LogP contribution in [-0.2, 0) is 13.0 Å². The summed E-state index contributed by atoms with van der Waals surface area (Å²) in [5.41, 5.74) is 2.66. The molecule has 0 N–H and O–H groups in total. The van der Waals surface area contributed by atoms with Crippen molar-refractivity contribution in [3.05, 3.63) is 59.6 Å². The van der Waals surface area contributed by atoms with Gasteiger partial charge in [0.15, 0.2) is 0 Å². The Morgan fingerprint density at radius 2 is 2.11 bits per heavy atom. The minimum absolute atomic E-state index is 0.517. The number of fused-ring (bicyclic) bond motifs is 1. The lowest BCUT2D eigenvalue weighted by atomic mass is 9.93. The lowest BCUT2D eigenvalue weighted by molar-refractivity contribution is 0.653. The Kier molecular flexibility index (Phi) is 2.48. The van der Waals surface area contributed by atoms with Crippen LogP contribution in [0.5, 0.6) is 0 Å². The van der Waals surface area contributed by atoms with E-state index in [1.807, 2.05) is 17.8 Å². The normalized spacial score (nSPS) is 17.6. The molecule has 0 saturated carbocycles. The van der Waals surface area contributed by atoms with E-state index in [4.69, 9.17) is 0 Å². The summed E-state index contributed by atoms with van der Waals surface area (Å²) in [6.45, 7) is 1.03. The monoisotopic (exact) mass is 267 g/mol. The molecule has 4 heteroatoms. The predicted octanol–water partition coefficient (Wildman–Crippen LogP) is 3.35. The van der Waals surface area contributed by atoms with Crippen molar-refractivity contribution in [3.8, 4) is 10.6 Å². The van der Waals surface area contributed by atoms with Crippen molar-refractivity contribution in [3.63, 3.8) is 0 Å². The molecule has 1 aliphatic heterocycles. The van der Waals surface area contributed by atoms with Crippen LogP contribution in [0.1, 0.15) is 17.3 Å². The molecule has 2 aromatic heterocycles. The Balaban J connectivity index is 1.75. The van der Waals surface area contributed by atoms with Crippen LogP contribution in [0.2, 0.25) is 0 Å². The average molecular weight is 267 g/mol. The zero-order chi connectivity index (χ0) is 12.7. The van der Waals surface area contributed by atoms with Crippen molar-refractivity contribution in [2.45, 2.75) is 18.9 Å². The van der Waals surface area contributed by atoms with E-state index in [1.165, 1.54) is 17.0 Å². The molecule has 0 spiro atoms. The summed E-state index contributed by atoms with van der Waals surface area (Å²) in [5, 5.41) is 3.14. The Morgan fingerprint density at radius 1 is 1.16 bits per heavy atom. The van der Waals surface area contributed by atoms with Crippen LogP contribution in [0.4, 0.5) is 0 Å². The molecule has 3 aromatic rings. The van der Waals surface area contributed by atoms with Crippen molar-refractivity contribution in [1.29, 1.82) is 0 Å². The van der Waals surface area contributed by atoms with Gasteiger partial charge in [0, 0.05) is 48.4 Å². The molecule has 3 heterocycles. The summed E-state index contributed by atoms with van der Waals surface area (Å²) in [4.78, 5) is 8.87. The fourth-order valence-electron chi connectivity index (χ4n) is 2.83. The van der Waals surface area contributed by atoms with Crippen LogP contribution in [0.3, 0.4) is 0 Å². The predicted molar refractivity (Wildman–Crippen MR) is 76.2 cm³/mol. The third-order valence-electron chi connectivity index (χ3n) is 3.71. The molecule has 0 aliphatic carbocycles. The van der Waals surface area contributed by atoms with Crippen LogP contribution < -0.4 is 0 Å². The fraction of sp³-hybridized carbons (Fsp3) is 0.200. The molecule has 0 bridgehead atoms. The number of thiazole rings is 1. The van der Waals surface area contributed by atoms with Crippen molar-refractivity contribution in [2.24, 2.45) is 0 Å². The molecule has 0 saturated heterocycles. The number of benzene rings is 1. The highest BCUT2D eigenvalue weighted by atomic mass is 32.1. The van der Waals surface area contributed by atoms with E-state index >= 15 is 0 Å². The van der Waals surface area contributed by atoms with Gasteiger partial charge in [-0.3, -0.25) is 0 Å². The summed E-state index contributed by atoms with van der Waals surface area (Å²) < 4.78 is 2.25. The largest absolute Gasteiger partial charge is 0.334 e. The molecule has 1 aliphatic rings. The van der Waals surface area contributed by atoms with Crippen molar-refractivity contribution >= 4 is 11.3 Å². The number of hydrogen-bond donors (Lipinski definition) is 0. The lowest BCUT2D eigenvalue weighted by Crippen LogP contribution is -2.02. The van der Waals surface area contributed by atoms with E-state index in [-0.39, 0.29) is 0 Å². The van der Waals surface area contributed by atoms with Gasteiger partial charge in [-0.05, 0) is 5.56 Å². The summed E-state index contributed by atoms with van der Waals surface area (Å²) in [7, 11) is 0. The first kappa shape index (κ1) is 10.9. The Bertz CT molecular complexity index is 679. The van der Waals surface area contributed by atoms with Gasteiger partial charge in [0.1, 0.15) is 10.8 Å². The van der Waals surface area contributed by atoms with Gasteiger partial charge in [-0.1, -0.05) is 24.3 Å². The third-order valence-corrected chi connectivity index (χ3v) is 4.52. The van der Waals surface area contributed by atoms with E-state index in [9.17, 15) is 0 Å². The smallest absolute Gasteiger partial charge is 0.123 e. The number of nitrogens with zero attached hydrogens (tertiary/aromatic N) is 3. The molecular weight excluding hydrogens is 254 g/mol. The molecule has 0 unspecified atom stereocenters. The number of hydrogen-bond acceptors (Lipinski definition) is 3. The van der Waals surface area contributed by atoms with Gasteiger partial charge in [-0.25, -0.2) is 9.97 Å². The van der Waals surface area contributed by atoms with Gasteiger partial charge in [0.25, 0.3) is 0 Å². The van der Waals surface area contributed by atoms with Crippen LogP contribution in [0.25, 0.3) is 10.6 Å². The standard InChI is InChI=1S/C15H13N3S/c1-2-4-13(15-17-6-8-19-15)12(3-1)11-9-14-16-5-7-18(14)10-11/h1-8,11H,9-10H2/t11-/m1/s1. The van der Waals surface area contributed by atoms with Gasteiger partial charge in [-0.15, -0.1) is 11.3 Å². The average Bonchev–Trinajstić information content (AvgIpc) is 3.15. The number of aromatic nitrogens is 3. The molecule has 1 aromatic carbocycles. The molecule has 0 amide bonds. The quantitative estimate of drug-likeness (QED) is 0.713. The second-order valence-corrected chi connectivity index (χ2v) is 5.72. The maximum atomic E-state index is 4.45. The SMILES string of the molecule is c1ccc([C@@H]2Cc3nccn3C2)c(-c2nccs2)c1. The van der Waals surface area contributed by atoms with Crippen LogP contribution in [0, 0.1) is 0 Å². The molecular formula is C15H13N3S. The van der Waals surface area contributed by atoms with Crippen molar-refractivity contribution in [1.82, 2.24) is 14.5 Å². The van der Waals surface area contributed by atoms with E-state index in [2.05, 4.69) is 45.0 Å². The molecule has 3 nitrogen and oxygen atoms in total. The van der Waals surface area contributed by atoms with Gasteiger partial charge >= 0.3 is 0 Å². The lowest BCUT2D eigenvalue weighted by Gasteiger charge is -2.13. The maximum Gasteiger partial charge on any atom is 0.123 e. The zero-order valence-corrected chi connectivity index (χ0v) is 11.2. The number of imidazole rings is 1. The van der Waals surface area contributed by atoms with E-state index < -0.39 is 0 Å². The van der Waals surface area contributed by atoms with E-state index in [0.717, 1.165) is 18.0 Å². The third kappa shape index (κ3) is 1.79. The minimum Gasteiger partial charge on any atom is -0.334 e. The minimum atomic E-state index is 0.517. The second kappa shape index (κ2) is 4.31. The van der Waals surface area contributed by atoms with Crippen molar-refractivity contribution in [2.75, 3.05) is 0 Å². The topological polar surface area (TPSA) is 30.7 Å². The highest BCUT2D eigenvalue weighted by molar-refractivity contribution is 7.13. The fourth-order valence-corrected chi connectivity index (χ4v) is 3.52. The first-order valence-electron chi connectivity index (χ1n) is 6.40. The Hall–Kier alpha value is -1.94. The van der Waals surface area contributed by atoms with Crippen LogP contribution in [-0.4, -0.2) is 14.5 Å². The summed E-state index contributed by atoms with van der Waals surface area (Å²) >= 11 is 1.70. The molecule has 4 rings (SSSR count). The van der Waals surface area contributed by atoms with Gasteiger partial charge in [0.05, 0.1) is 0 Å². The van der Waals surface area contributed by atoms with Gasteiger partial charge < -0.3 is 4.57 Å². The summed E-state index contributed by atoms with van der Waals surface area (Å²) in [6, 6.07) is 8.62. The van der Waals surface area contributed by atoms with E-state index in [0.29, 0.717) is 5.92 Å². The van der Waals surface area contributed by atoms with Crippen molar-refractivity contribution < 1.29 is 0 Å². The zero-order valence-electron chi connectivity index (χ0n) is 10.4. The maximum absolute atomic E-state index is 4.45.